The Bertz CT molecular complexity index is 1420. The first-order chi connectivity index (χ1) is 16.4. The number of hydrogen-bond acceptors (Lipinski definition) is 8. The van der Waals surface area contributed by atoms with Gasteiger partial charge in [0.1, 0.15) is 11.5 Å². The van der Waals surface area contributed by atoms with Crippen molar-refractivity contribution in [1.82, 2.24) is 10.2 Å². The molecule has 0 aliphatic carbocycles. The number of fused-ring (bicyclic) bond motifs is 1. The highest BCUT2D eigenvalue weighted by Gasteiger charge is 2.19. The molecule has 0 aliphatic rings. The highest BCUT2D eigenvalue weighted by molar-refractivity contribution is 6.58. The monoisotopic (exact) mass is 454 g/mol. The molecule has 0 fully saturated rings. The van der Waals surface area contributed by atoms with Crippen LogP contribution < -0.4 is 19.8 Å². The number of ether oxygens (including phenoxy) is 2. The minimum Gasteiger partial charge on any atom is -0.497 e. The summed E-state index contributed by atoms with van der Waals surface area (Å²) in [6.07, 6.45) is 0. The number of anilines is 2. The third kappa shape index (κ3) is 4.12. The number of methoxy groups -OCH3 is 2. The number of nitriles is 1. The van der Waals surface area contributed by atoms with Gasteiger partial charge in [0.2, 0.25) is 0 Å². The van der Waals surface area contributed by atoms with Gasteiger partial charge in [0.15, 0.2) is 5.82 Å². The zero-order valence-corrected chi connectivity index (χ0v) is 19.3. The number of aryl methyl sites for hydroxylation is 1. The van der Waals surface area contributed by atoms with E-state index in [0.29, 0.717) is 33.9 Å². The molecule has 4 rings (SSSR count). The van der Waals surface area contributed by atoms with Crippen molar-refractivity contribution in [3.63, 3.8) is 0 Å². The molecule has 8 nitrogen and oxygen atoms in total. The Morgan fingerprint density at radius 3 is 2.41 bits per heavy atom. The van der Waals surface area contributed by atoms with Crippen molar-refractivity contribution in [2.24, 2.45) is 0 Å². The predicted molar refractivity (Wildman–Crippen MR) is 132 cm³/mol. The van der Waals surface area contributed by atoms with Crippen molar-refractivity contribution in [2.45, 2.75) is 6.92 Å². The van der Waals surface area contributed by atoms with E-state index in [1.54, 1.807) is 32.4 Å². The van der Waals surface area contributed by atoms with Crippen LogP contribution in [0.25, 0.3) is 21.9 Å². The Hall–Kier alpha value is -4.13. The predicted octanol–water partition coefficient (Wildman–Crippen LogP) is 2.94. The molecule has 1 heterocycles. The van der Waals surface area contributed by atoms with Gasteiger partial charge in [-0.2, -0.15) is 10.4 Å². The maximum Gasteiger partial charge on any atom is 0.488 e. The number of hydrogen-bond donors (Lipinski definition) is 2. The molecule has 0 aliphatic heterocycles. The summed E-state index contributed by atoms with van der Waals surface area (Å²) in [6.45, 7) is 1.87. The second-order valence-corrected chi connectivity index (χ2v) is 7.76. The summed E-state index contributed by atoms with van der Waals surface area (Å²) in [5.41, 5.74) is 3.64. The molecule has 1 aromatic heterocycles. The molecule has 0 atom stereocenters. The highest BCUT2D eigenvalue weighted by Crippen LogP contribution is 2.38. The first-order valence-electron chi connectivity index (χ1n) is 10.5. The standard InChI is InChI=1S/C25H23BN4O4/c1-15-21-11-16(22-12-18(26(31)32)7-5-17(22)14-27)6-9-20(21)25(29-28-15)30(2)23-10-8-19(33-3)13-24(23)34-4/h5-13,31-32H,1-4H3. The minimum atomic E-state index is -1.63. The molecule has 0 amide bonds. The summed E-state index contributed by atoms with van der Waals surface area (Å²) >= 11 is 0. The summed E-state index contributed by atoms with van der Waals surface area (Å²) in [4.78, 5) is 1.90. The molecular formula is C25H23BN4O4. The Labute approximate surface area is 197 Å². The lowest BCUT2D eigenvalue weighted by Crippen LogP contribution is -2.29. The summed E-state index contributed by atoms with van der Waals surface area (Å²) in [5, 5.41) is 39.3. The third-order valence-corrected chi connectivity index (χ3v) is 5.78. The summed E-state index contributed by atoms with van der Waals surface area (Å²) < 4.78 is 10.9. The van der Waals surface area contributed by atoms with Crippen LogP contribution in [-0.4, -0.2) is 48.6 Å². The van der Waals surface area contributed by atoms with Gasteiger partial charge in [-0.25, -0.2) is 0 Å². The van der Waals surface area contributed by atoms with Crippen LogP contribution in [-0.2, 0) is 0 Å². The number of aromatic nitrogens is 2. The van der Waals surface area contributed by atoms with Crippen LogP contribution in [0.5, 0.6) is 11.5 Å². The van der Waals surface area contributed by atoms with Crippen LogP contribution in [0.15, 0.2) is 54.6 Å². The number of nitrogens with zero attached hydrogens (tertiary/aromatic N) is 4. The van der Waals surface area contributed by atoms with Crippen molar-refractivity contribution >= 4 is 34.9 Å². The molecule has 0 unspecified atom stereocenters. The van der Waals surface area contributed by atoms with Crippen molar-refractivity contribution in [1.29, 1.82) is 5.26 Å². The van der Waals surface area contributed by atoms with Crippen molar-refractivity contribution in [3.8, 4) is 28.7 Å². The topological polar surface area (TPSA) is 112 Å². The molecule has 34 heavy (non-hydrogen) atoms. The van der Waals surface area contributed by atoms with Crippen molar-refractivity contribution in [2.75, 3.05) is 26.2 Å². The summed E-state index contributed by atoms with van der Waals surface area (Å²) in [5.74, 6) is 1.95. The van der Waals surface area contributed by atoms with Gasteiger partial charge >= 0.3 is 7.12 Å². The van der Waals surface area contributed by atoms with Gasteiger partial charge in [0, 0.05) is 23.9 Å². The Kier molecular flexibility index (Phi) is 6.37. The molecule has 0 radical (unpaired) electrons. The van der Waals surface area contributed by atoms with E-state index in [4.69, 9.17) is 9.47 Å². The van der Waals surface area contributed by atoms with Gasteiger partial charge in [0.05, 0.1) is 37.2 Å². The molecule has 0 bridgehead atoms. The molecule has 0 saturated heterocycles. The van der Waals surface area contributed by atoms with Crippen LogP contribution in [0.3, 0.4) is 0 Å². The van der Waals surface area contributed by atoms with E-state index in [2.05, 4.69) is 16.3 Å². The summed E-state index contributed by atoms with van der Waals surface area (Å²) in [7, 11) is 3.46. The zero-order chi connectivity index (χ0) is 24.4. The van der Waals surface area contributed by atoms with E-state index in [-0.39, 0.29) is 0 Å². The second kappa shape index (κ2) is 9.39. The fourth-order valence-electron chi connectivity index (χ4n) is 3.92. The lowest BCUT2D eigenvalue weighted by Gasteiger charge is -2.22. The second-order valence-electron chi connectivity index (χ2n) is 7.76. The summed E-state index contributed by atoms with van der Waals surface area (Å²) in [6, 6.07) is 18.2. The molecule has 0 saturated carbocycles. The van der Waals surface area contributed by atoms with Crippen molar-refractivity contribution in [3.05, 3.63) is 65.9 Å². The number of benzene rings is 3. The van der Waals surface area contributed by atoms with Gasteiger partial charge in [-0.3, -0.25) is 0 Å². The Balaban J connectivity index is 1.86. The maximum atomic E-state index is 9.59. The van der Waals surface area contributed by atoms with E-state index in [1.165, 1.54) is 6.07 Å². The third-order valence-electron chi connectivity index (χ3n) is 5.78. The van der Waals surface area contributed by atoms with Gasteiger partial charge < -0.3 is 24.4 Å². The molecule has 4 aromatic rings. The van der Waals surface area contributed by atoms with E-state index in [1.807, 2.05) is 49.2 Å². The normalized spacial score (nSPS) is 10.6. The SMILES string of the molecule is COc1ccc(N(C)c2nnc(C)c3cc(-c4cc(B(O)O)ccc4C#N)ccc23)c(OC)c1. The lowest BCUT2D eigenvalue weighted by molar-refractivity contribution is 0.395. The maximum absolute atomic E-state index is 9.59. The van der Waals surface area contributed by atoms with Crippen LogP contribution >= 0.6 is 0 Å². The molecule has 2 N–H and O–H groups in total. The zero-order valence-electron chi connectivity index (χ0n) is 19.3. The van der Waals surface area contributed by atoms with E-state index in [9.17, 15) is 15.3 Å². The molecular weight excluding hydrogens is 431 g/mol. The average molecular weight is 454 g/mol. The highest BCUT2D eigenvalue weighted by atomic mass is 16.5. The van der Waals surface area contributed by atoms with Crippen LogP contribution in [0.4, 0.5) is 11.5 Å². The first kappa shape index (κ1) is 23.0. The van der Waals surface area contributed by atoms with Gasteiger partial charge in [0.25, 0.3) is 0 Å². The first-order valence-corrected chi connectivity index (χ1v) is 10.5. The molecule has 0 spiro atoms. The Morgan fingerprint density at radius 2 is 1.74 bits per heavy atom. The van der Waals surface area contributed by atoms with E-state index >= 15 is 0 Å². The fourth-order valence-corrected chi connectivity index (χ4v) is 3.92. The van der Waals surface area contributed by atoms with Crippen LogP contribution in [0.2, 0.25) is 0 Å². The fraction of sp³-hybridized carbons (Fsp3) is 0.160. The quantitative estimate of drug-likeness (QED) is 0.428. The minimum absolute atomic E-state index is 0.311. The van der Waals surface area contributed by atoms with Crippen LogP contribution in [0.1, 0.15) is 11.3 Å². The van der Waals surface area contributed by atoms with Gasteiger partial charge in [-0.1, -0.05) is 18.2 Å². The van der Waals surface area contributed by atoms with Gasteiger partial charge in [-0.05, 0) is 53.8 Å². The van der Waals surface area contributed by atoms with E-state index < -0.39 is 7.12 Å². The number of rotatable bonds is 6. The molecule has 9 heteroatoms. The smallest absolute Gasteiger partial charge is 0.488 e. The molecule has 3 aromatic carbocycles. The van der Waals surface area contributed by atoms with Crippen molar-refractivity contribution < 1.29 is 19.5 Å². The molecule has 170 valence electrons. The Morgan fingerprint density at radius 1 is 0.941 bits per heavy atom. The van der Waals surface area contributed by atoms with Gasteiger partial charge in [-0.15, -0.1) is 5.10 Å². The van der Waals surface area contributed by atoms with E-state index in [0.717, 1.165) is 27.7 Å². The van der Waals surface area contributed by atoms with Crippen LogP contribution in [0, 0.1) is 18.3 Å². The lowest BCUT2D eigenvalue weighted by atomic mass is 9.78. The average Bonchev–Trinajstić information content (AvgIpc) is 2.87. The largest absolute Gasteiger partial charge is 0.497 e.